The Morgan fingerprint density at radius 3 is 2.25 bits per heavy atom. The molecule has 0 aliphatic heterocycles. The predicted octanol–water partition coefficient (Wildman–Crippen LogP) is 2.70. The van der Waals surface area contributed by atoms with Crippen LogP contribution in [0.2, 0.25) is 0 Å². The van der Waals surface area contributed by atoms with Gasteiger partial charge in [-0.25, -0.2) is 4.79 Å². The summed E-state index contributed by atoms with van der Waals surface area (Å²) in [6.07, 6.45) is 2.63. The molecule has 0 aromatic heterocycles. The second kappa shape index (κ2) is 7.41. The van der Waals surface area contributed by atoms with Crippen molar-refractivity contribution < 1.29 is 30.0 Å². The van der Waals surface area contributed by atoms with E-state index >= 15 is 0 Å². The molecule has 0 aliphatic rings. The maximum Gasteiger partial charge on any atom is 0.331 e. The number of hydrogen-bond donors (Lipinski definition) is 4. The fourth-order valence-corrected chi connectivity index (χ4v) is 2.12. The molecule has 6 nitrogen and oxygen atoms in total. The van der Waals surface area contributed by atoms with Crippen molar-refractivity contribution in [2.75, 3.05) is 0 Å². The summed E-state index contributed by atoms with van der Waals surface area (Å²) in [5.74, 6) is -1.49. The normalized spacial score (nSPS) is 12.2. The topological polar surface area (TPSA) is 107 Å². The van der Waals surface area contributed by atoms with Crippen LogP contribution in [-0.2, 0) is 16.0 Å². The molecule has 0 fully saturated rings. The SMILES string of the molecule is CC(Cc1ccc(O)c(O)c1)OC(=O)C=Cc1ccc(O)c(O)c1. The second-order valence-electron chi connectivity index (χ2n) is 5.36. The molecule has 2 rings (SSSR count). The van der Waals surface area contributed by atoms with E-state index in [-0.39, 0.29) is 23.0 Å². The highest BCUT2D eigenvalue weighted by molar-refractivity contribution is 5.87. The summed E-state index contributed by atoms with van der Waals surface area (Å²) in [6, 6.07) is 8.60. The molecule has 24 heavy (non-hydrogen) atoms. The number of rotatable bonds is 5. The smallest absolute Gasteiger partial charge is 0.331 e. The Balaban J connectivity index is 1.92. The Morgan fingerprint density at radius 1 is 1.00 bits per heavy atom. The van der Waals surface area contributed by atoms with Gasteiger partial charge in [0.25, 0.3) is 0 Å². The van der Waals surface area contributed by atoms with Crippen LogP contribution in [0.4, 0.5) is 0 Å². The Labute approximate surface area is 138 Å². The van der Waals surface area contributed by atoms with E-state index in [2.05, 4.69) is 0 Å². The van der Waals surface area contributed by atoms with Crippen molar-refractivity contribution in [3.63, 3.8) is 0 Å². The van der Waals surface area contributed by atoms with E-state index in [1.807, 2.05) is 0 Å². The maximum atomic E-state index is 11.8. The van der Waals surface area contributed by atoms with E-state index in [9.17, 15) is 25.2 Å². The van der Waals surface area contributed by atoms with Gasteiger partial charge in [0.2, 0.25) is 0 Å². The molecule has 0 amide bonds. The number of benzene rings is 2. The number of phenols is 4. The third kappa shape index (κ3) is 4.67. The Bertz CT molecular complexity index is 766. The molecular weight excluding hydrogens is 312 g/mol. The van der Waals surface area contributed by atoms with E-state index in [1.165, 1.54) is 36.4 Å². The lowest BCUT2D eigenvalue weighted by atomic mass is 10.1. The van der Waals surface area contributed by atoms with Crippen molar-refractivity contribution in [1.82, 2.24) is 0 Å². The molecule has 0 bridgehead atoms. The summed E-state index contributed by atoms with van der Waals surface area (Å²) in [7, 11) is 0. The zero-order valence-corrected chi connectivity index (χ0v) is 13.0. The van der Waals surface area contributed by atoms with Crippen molar-refractivity contribution in [2.45, 2.75) is 19.4 Å². The number of ether oxygens (including phenoxy) is 1. The Hall–Kier alpha value is -3.15. The standard InChI is InChI=1S/C18H18O6/c1-11(8-13-3-6-15(20)17(22)10-13)24-18(23)7-4-12-2-5-14(19)16(21)9-12/h2-7,9-11,19-22H,8H2,1H3. The monoisotopic (exact) mass is 330 g/mol. The molecule has 0 aliphatic carbocycles. The van der Waals surface area contributed by atoms with Crippen LogP contribution < -0.4 is 0 Å². The van der Waals surface area contributed by atoms with Gasteiger partial charge in [-0.2, -0.15) is 0 Å². The molecule has 1 atom stereocenters. The quantitative estimate of drug-likeness (QED) is 0.381. The molecule has 2 aromatic carbocycles. The van der Waals surface area contributed by atoms with Gasteiger partial charge in [-0.05, 0) is 48.4 Å². The average molecular weight is 330 g/mol. The van der Waals surface area contributed by atoms with Crippen molar-refractivity contribution in [2.24, 2.45) is 0 Å². The summed E-state index contributed by atoms with van der Waals surface area (Å²) in [5, 5.41) is 37.3. The highest BCUT2D eigenvalue weighted by atomic mass is 16.5. The van der Waals surface area contributed by atoms with Crippen LogP contribution in [0.3, 0.4) is 0 Å². The van der Waals surface area contributed by atoms with E-state index in [0.717, 1.165) is 5.56 Å². The zero-order valence-electron chi connectivity index (χ0n) is 13.0. The molecule has 2 aromatic rings. The molecule has 0 radical (unpaired) electrons. The number of aromatic hydroxyl groups is 4. The minimum Gasteiger partial charge on any atom is -0.504 e. The lowest BCUT2D eigenvalue weighted by molar-refractivity contribution is -0.141. The molecular formula is C18H18O6. The number of hydrogen-bond acceptors (Lipinski definition) is 6. The summed E-state index contributed by atoms with van der Waals surface area (Å²) in [6.45, 7) is 1.71. The van der Waals surface area contributed by atoms with Gasteiger partial charge >= 0.3 is 5.97 Å². The van der Waals surface area contributed by atoms with Crippen LogP contribution in [0.25, 0.3) is 6.08 Å². The molecule has 4 N–H and O–H groups in total. The molecule has 0 saturated heterocycles. The van der Waals surface area contributed by atoms with E-state index in [0.29, 0.717) is 12.0 Å². The van der Waals surface area contributed by atoms with Gasteiger partial charge < -0.3 is 25.2 Å². The molecule has 0 heterocycles. The van der Waals surface area contributed by atoms with Crippen molar-refractivity contribution in [3.8, 4) is 23.0 Å². The fraction of sp³-hybridized carbons (Fsp3) is 0.167. The van der Waals surface area contributed by atoms with Crippen molar-refractivity contribution in [3.05, 3.63) is 53.6 Å². The molecule has 0 spiro atoms. The van der Waals surface area contributed by atoms with Gasteiger partial charge in [-0.3, -0.25) is 0 Å². The largest absolute Gasteiger partial charge is 0.504 e. The minimum atomic E-state index is -0.557. The van der Waals surface area contributed by atoms with E-state index in [1.54, 1.807) is 19.1 Å². The van der Waals surface area contributed by atoms with Crippen molar-refractivity contribution >= 4 is 12.0 Å². The third-order valence-corrected chi connectivity index (χ3v) is 3.29. The first-order valence-corrected chi connectivity index (χ1v) is 7.26. The number of carbonyl (C=O) groups excluding carboxylic acids is 1. The first kappa shape index (κ1) is 17.2. The van der Waals surface area contributed by atoms with Gasteiger partial charge in [0, 0.05) is 12.5 Å². The summed E-state index contributed by atoms with van der Waals surface area (Å²) in [5.41, 5.74) is 1.26. The second-order valence-corrected chi connectivity index (χ2v) is 5.36. The highest BCUT2D eigenvalue weighted by Crippen LogP contribution is 2.26. The summed E-state index contributed by atoms with van der Waals surface area (Å²) < 4.78 is 5.22. The van der Waals surface area contributed by atoms with E-state index in [4.69, 9.17) is 4.74 Å². The number of esters is 1. The minimum absolute atomic E-state index is 0.205. The van der Waals surface area contributed by atoms with Gasteiger partial charge in [0.05, 0.1) is 0 Å². The summed E-state index contributed by atoms with van der Waals surface area (Å²) >= 11 is 0. The van der Waals surface area contributed by atoms with Crippen LogP contribution >= 0.6 is 0 Å². The zero-order chi connectivity index (χ0) is 17.7. The fourth-order valence-electron chi connectivity index (χ4n) is 2.12. The first-order valence-electron chi connectivity index (χ1n) is 7.26. The number of phenolic OH excluding ortho intramolecular Hbond substituents is 4. The van der Waals surface area contributed by atoms with Gasteiger partial charge in [-0.15, -0.1) is 0 Å². The molecule has 6 heteroatoms. The highest BCUT2D eigenvalue weighted by Gasteiger charge is 2.10. The van der Waals surface area contributed by atoms with Gasteiger partial charge in [-0.1, -0.05) is 12.1 Å². The van der Waals surface area contributed by atoms with Gasteiger partial charge in [0.15, 0.2) is 23.0 Å². The van der Waals surface area contributed by atoms with Crippen LogP contribution in [0.5, 0.6) is 23.0 Å². The third-order valence-electron chi connectivity index (χ3n) is 3.29. The van der Waals surface area contributed by atoms with E-state index < -0.39 is 12.1 Å². The van der Waals surface area contributed by atoms with Crippen LogP contribution in [-0.4, -0.2) is 32.5 Å². The van der Waals surface area contributed by atoms with Crippen LogP contribution in [0, 0.1) is 0 Å². The predicted molar refractivity (Wildman–Crippen MR) is 87.8 cm³/mol. The Kier molecular flexibility index (Phi) is 5.31. The Morgan fingerprint density at radius 2 is 1.62 bits per heavy atom. The van der Waals surface area contributed by atoms with Crippen LogP contribution in [0.15, 0.2) is 42.5 Å². The molecule has 126 valence electrons. The lowest BCUT2D eigenvalue weighted by Crippen LogP contribution is -2.15. The molecule has 0 saturated carbocycles. The van der Waals surface area contributed by atoms with Crippen molar-refractivity contribution in [1.29, 1.82) is 0 Å². The van der Waals surface area contributed by atoms with Gasteiger partial charge in [0.1, 0.15) is 6.10 Å². The average Bonchev–Trinajstić information content (AvgIpc) is 2.52. The first-order chi connectivity index (χ1) is 11.3. The maximum absolute atomic E-state index is 11.8. The van der Waals surface area contributed by atoms with Crippen LogP contribution in [0.1, 0.15) is 18.1 Å². The molecule has 1 unspecified atom stereocenters. The summed E-state index contributed by atoms with van der Waals surface area (Å²) in [4.78, 5) is 11.8. The lowest BCUT2D eigenvalue weighted by Gasteiger charge is -2.12. The number of carbonyl (C=O) groups is 1.